The third-order valence-electron chi connectivity index (χ3n) is 4.38. The fraction of sp³-hybridized carbons (Fsp3) is 0.909. The molecule has 0 aromatic rings. The molecule has 86 valence electrons. The van der Waals surface area contributed by atoms with Crippen LogP contribution in [0.3, 0.4) is 0 Å². The van der Waals surface area contributed by atoms with E-state index in [0.29, 0.717) is 6.04 Å². The molecule has 0 radical (unpaired) electrons. The van der Waals surface area contributed by atoms with Gasteiger partial charge in [-0.05, 0) is 6.92 Å². The first-order valence-electron chi connectivity index (χ1n) is 6.06. The predicted molar refractivity (Wildman–Crippen MR) is 61.2 cm³/mol. The van der Waals surface area contributed by atoms with Crippen LogP contribution in [0.4, 0.5) is 0 Å². The maximum atomic E-state index is 5.40. The van der Waals surface area contributed by atoms with Crippen molar-refractivity contribution in [2.45, 2.75) is 13.0 Å². The molecule has 3 heterocycles. The molecule has 15 heavy (non-hydrogen) atoms. The van der Waals surface area contributed by atoms with Crippen molar-refractivity contribution in [1.82, 2.24) is 0 Å². The fourth-order valence-electron chi connectivity index (χ4n) is 3.10. The summed E-state index contributed by atoms with van der Waals surface area (Å²) in [5.41, 5.74) is 5.40. The summed E-state index contributed by atoms with van der Waals surface area (Å²) in [5, 5.41) is 0. The van der Waals surface area contributed by atoms with Crippen LogP contribution >= 0.6 is 0 Å². The molecule has 0 saturated carbocycles. The molecule has 1 unspecified atom stereocenters. The van der Waals surface area contributed by atoms with Crippen LogP contribution < -0.4 is 10.7 Å². The van der Waals surface area contributed by atoms with Gasteiger partial charge in [-0.15, -0.1) is 0 Å². The molecular formula is C11H25N4+3. The van der Waals surface area contributed by atoms with Gasteiger partial charge in [-0.1, -0.05) is 0 Å². The first-order chi connectivity index (χ1) is 7.08. The molecule has 0 aromatic carbocycles. The highest BCUT2D eigenvalue weighted by Gasteiger charge is 2.47. The van der Waals surface area contributed by atoms with E-state index in [2.05, 4.69) is 19.0 Å². The molecule has 0 amide bonds. The Morgan fingerprint density at radius 2 is 1.73 bits per heavy atom. The summed E-state index contributed by atoms with van der Waals surface area (Å²) in [7, 11) is 2.41. The molecule has 3 aliphatic heterocycles. The normalized spacial score (nSPS) is 42.3. The lowest BCUT2D eigenvalue weighted by Gasteiger charge is -2.54. The van der Waals surface area contributed by atoms with Crippen molar-refractivity contribution in [3.8, 4) is 0 Å². The Morgan fingerprint density at radius 3 is 2.20 bits per heavy atom. The van der Waals surface area contributed by atoms with E-state index in [-0.39, 0.29) is 0 Å². The van der Waals surface area contributed by atoms with E-state index in [1.807, 2.05) is 0 Å². The zero-order chi connectivity index (χ0) is 10.9. The molecular weight excluding hydrogens is 188 g/mol. The summed E-state index contributed by atoms with van der Waals surface area (Å²) in [4.78, 5) is 3.21. The highest BCUT2D eigenvalue weighted by molar-refractivity contribution is 5.43. The average Bonchev–Trinajstić information content (AvgIpc) is 2.21. The molecule has 0 spiro atoms. The largest absolute Gasteiger partial charge is 0.312 e. The van der Waals surface area contributed by atoms with E-state index >= 15 is 0 Å². The maximum absolute atomic E-state index is 5.40. The quantitative estimate of drug-likeness (QED) is 0.310. The molecule has 2 bridgehead atoms. The van der Waals surface area contributed by atoms with Gasteiger partial charge in [-0.25, -0.2) is 0 Å². The van der Waals surface area contributed by atoms with Crippen LogP contribution in [-0.4, -0.2) is 74.2 Å². The molecule has 4 nitrogen and oxygen atoms in total. The third-order valence-corrected chi connectivity index (χ3v) is 4.38. The van der Waals surface area contributed by atoms with Gasteiger partial charge in [-0.3, -0.25) is 10.7 Å². The van der Waals surface area contributed by atoms with Crippen LogP contribution in [0, 0.1) is 0 Å². The van der Waals surface area contributed by atoms with E-state index in [9.17, 15) is 0 Å². The van der Waals surface area contributed by atoms with E-state index < -0.39 is 0 Å². The summed E-state index contributed by atoms with van der Waals surface area (Å²) in [6.45, 7) is 11.6. The lowest BCUT2D eigenvalue weighted by molar-refractivity contribution is -1.08. The van der Waals surface area contributed by atoms with Crippen molar-refractivity contribution in [3.05, 3.63) is 0 Å². The lowest BCUT2D eigenvalue weighted by atomic mass is 10.1. The van der Waals surface area contributed by atoms with Crippen molar-refractivity contribution in [2.75, 3.05) is 52.9 Å². The third kappa shape index (κ3) is 2.16. The van der Waals surface area contributed by atoms with Crippen LogP contribution in [0.15, 0.2) is 0 Å². The highest BCUT2D eigenvalue weighted by atomic mass is 15.5. The minimum absolute atomic E-state index is 0.505. The smallest absolute Gasteiger partial charge is 0.228 e. The Bertz CT molecular complexity index is 237. The van der Waals surface area contributed by atoms with Crippen LogP contribution in [0.1, 0.15) is 6.92 Å². The number of piperazine rings is 3. The fourth-order valence-corrected chi connectivity index (χ4v) is 3.10. The topological polar surface area (TPSA) is 40.0 Å². The Morgan fingerprint density at radius 1 is 1.20 bits per heavy atom. The van der Waals surface area contributed by atoms with E-state index in [0.717, 1.165) is 0 Å². The Kier molecular flexibility index (Phi) is 2.73. The minimum Gasteiger partial charge on any atom is -0.312 e. The number of fused-ring (bicyclic) bond motifs is 3. The van der Waals surface area contributed by atoms with E-state index in [1.165, 1.54) is 54.8 Å². The van der Waals surface area contributed by atoms with Crippen LogP contribution in [0.5, 0.6) is 0 Å². The van der Waals surface area contributed by atoms with Gasteiger partial charge in [0.05, 0.1) is 7.05 Å². The Balaban J connectivity index is 1.97. The van der Waals surface area contributed by atoms with Gasteiger partial charge >= 0.3 is 0 Å². The predicted octanol–water partition coefficient (Wildman–Crippen LogP) is -2.27. The van der Waals surface area contributed by atoms with E-state index in [4.69, 9.17) is 5.73 Å². The maximum Gasteiger partial charge on any atom is 0.228 e. The molecule has 3 N–H and O–H groups in total. The van der Waals surface area contributed by atoms with Gasteiger partial charge in [-0.2, -0.15) is 0 Å². The van der Waals surface area contributed by atoms with Gasteiger partial charge in [0.25, 0.3) is 0 Å². The van der Waals surface area contributed by atoms with Gasteiger partial charge in [0.1, 0.15) is 51.9 Å². The zero-order valence-corrected chi connectivity index (χ0v) is 10.1. The second kappa shape index (κ2) is 3.76. The SMILES string of the molecule is CC(C[N+]12CC[N+](C)(CC1)CC2)[NH+]=CN. The number of likely N-dealkylation sites (N-methyl/N-ethyl adjacent to an activating group) is 1. The molecule has 1 atom stereocenters. The molecule has 0 aliphatic carbocycles. The number of quaternary nitrogens is 2. The van der Waals surface area contributed by atoms with Crippen molar-refractivity contribution < 1.29 is 14.0 Å². The van der Waals surface area contributed by atoms with Crippen LogP contribution in [-0.2, 0) is 0 Å². The minimum atomic E-state index is 0.505. The van der Waals surface area contributed by atoms with Crippen molar-refractivity contribution in [3.63, 3.8) is 0 Å². The second-order valence-electron chi connectivity index (χ2n) is 5.72. The van der Waals surface area contributed by atoms with Gasteiger partial charge in [0.15, 0.2) is 0 Å². The van der Waals surface area contributed by atoms with Crippen molar-refractivity contribution in [1.29, 1.82) is 0 Å². The van der Waals surface area contributed by atoms with Gasteiger partial charge in [0.2, 0.25) is 6.34 Å². The molecule has 4 heteroatoms. The summed E-state index contributed by atoms with van der Waals surface area (Å²) >= 11 is 0. The molecule has 0 aromatic heterocycles. The molecule has 3 fully saturated rings. The van der Waals surface area contributed by atoms with Crippen molar-refractivity contribution >= 4 is 6.34 Å². The first kappa shape index (κ1) is 10.9. The average molecular weight is 213 g/mol. The zero-order valence-electron chi connectivity index (χ0n) is 10.1. The summed E-state index contributed by atoms with van der Waals surface area (Å²) < 4.78 is 2.63. The molecule has 3 rings (SSSR count). The van der Waals surface area contributed by atoms with Gasteiger partial charge in [0, 0.05) is 0 Å². The second-order valence-corrected chi connectivity index (χ2v) is 5.72. The lowest BCUT2D eigenvalue weighted by Crippen LogP contribution is -2.83. The van der Waals surface area contributed by atoms with Crippen molar-refractivity contribution in [2.24, 2.45) is 5.73 Å². The number of hydrogen-bond donors (Lipinski definition) is 2. The highest BCUT2D eigenvalue weighted by Crippen LogP contribution is 2.24. The summed E-state index contributed by atoms with van der Waals surface area (Å²) in [6, 6.07) is 0.505. The van der Waals surface area contributed by atoms with Gasteiger partial charge < -0.3 is 8.97 Å². The number of nitrogens with two attached hydrogens (primary N) is 1. The van der Waals surface area contributed by atoms with Crippen LogP contribution in [0.2, 0.25) is 0 Å². The van der Waals surface area contributed by atoms with E-state index in [1.54, 1.807) is 6.34 Å². The first-order valence-corrected chi connectivity index (χ1v) is 6.06. The number of rotatable bonds is 3. The molecule has 3 saturated heterocycles. The standard InChI is InChI=1S/C11H24N4/c1-11(13-10-12)9-15-6-3-14(2,4-7-15)5-8-15/h10-11H,3-9H2,1-2H3,(H2,12,13)/q+2/p+1. The number of hydrogen-bond acceptors (Lipinski definition) is 0. The summed E-state index contributed by atoms with van der Waals surface area (Å²) in [5.74, 6) is 0. The Labute approximate surface area is 92.6 Å². The Hall–Kier alpha value is -0.610. The monoisotopic (exact) mass is 213 g/mol. The number of nitrogens with one attached hydrogen (secondary N) is 1. The van der Waals surface area contributed by atoms with Crippen LogP contribution in [0.25, 0.3) is 0 Å². The molecule has 3 aliphatic rings. The number of nitrogens with zero attached hydrogens (tertiary/aromatic N) is 2. The summed E-state index contributed by atoms with van der Waals surface area (Å²) in [6.07, 6.45) is 1.58.